The smallest absolute Gasteiger partial charge is 0.220 e. The minimum atomic E-state index is 0.117. The SMILES string of the molecule is NCC1(CC(=O)NC2CCC2)CCCCC1. The van der Waals surface area contributed by atoms with Gasteiger partial charge in [-0.1, -0.05) is 19.3 Å². The Morgan fingerprint density at radius 3 is 2.38 bits per heavy atom. The molecule has 0 aliphatic heterocycles. The Morgan fingerprint density at radius 2 is 1.88 bits per heavy atom. The molecule has 0 bridgehead atoms. The summed E-state index contributed by atoms with van der Waals surface area (Å²) in [5.74, 6) is 0.233. The number of nitrogens with two attached hydrogens (primary N) is 1. The molecular formula is C13H24N2O. The largest absolute Gasteiger partial charge is 0.353 e. The van der Waals surface area contributed by atoms with Gasteiger partial charge < -0.3 is 11.1 Å². The van der Waals surface area contributed by atoms with Crippen LogP contribution in [0.1, 0.15) is 57.8 Å². The van der Waals surface area contributed by atoms with Crippen LogP contribution in [0.5, 0.6) is 0 Å². The zero-order chi connectivity index (χ0) is 11.4. The standard InChI is InChI=1S/C13H24N2O/c14-10-13(7-2-1-3-8-13)9-12(16)15-11-5-4-6-11/h11H,1-10,14H2,(H,15,16). The van der Waals surface area contributed by atoms with Crippen LogP contribution in [-0.4, -0.2) is 18.5 Å². The first-order chi connectivity index (χ1) is 7.74. The maximum Gasteiger partial charge on any atom is 0.220 e. The molecule has 2 rings (SSSR count). The molecule has 0 aromatic rings. The molecule has 1 amide bonds. The van der Waals surface area contributed by atoms with E-state index in [9.17, 15) is 4.79 Å². The van der Waals surface area contributed by atoms with Gasteiger partial charge >= 0.3 is 0 Å². The molecule has 0 spiro atoms. The molecule has 0 aromatic carbocycles. The summed E-state index contributed by atoms with van der Waals surface area (Å²) in [7, 11) is 0. The van der Waals surface area contributed by atoms with Gasteiger partial charge in [-0.15, -0.1) is 0 Å². The van der Waals surface area contributed by atoms with Gasteiger partial charge in [-0.2, -0.15) is 0 Å². The van der Waals surface area contributed by atoms with Crippen molar-refractivity contribution in [2.75, 3.05) is 6.54 Å². The van der Waals surface area contributed by atoms with Gasteiger partial charge in [-0.3, -0.25) is 4.79 Å². The number of rotatable bonds is 4. The average molecular weight is 224 g/mol. The Labute approximate surface area is 98.2 Å². The van der Waals surface area contributed by atoms with Crippen molar-refractivity contribution in [1.82, 2.24) is 5.32 Å². The Bertz CT molecular complexity index is 242. The molecule has 0 aromatic heterocycles. The summed E-state index contributed by atoms with van der Waals surface area (Å²) in [6.45, 7) is 0.672. The maximum atomic E-state index is 11.9. The lowest BCUT2D eigenvalue weighted by Crippen LogP contribution is -2.44. The van der Waals surface area contributed by atoms with Crippen LogP contribution >= 0.6 is 0 Å². The van der Waals surface area contributed by atoms with Crippen molar-refractivity contribution in [2.45, 2.75) is 63.8 Å². The number of carbonyl (C=O) groups is 1. The zero-order valence-corrected chi connectivity index (χ0v) is 10.1. The van der Waals surface area contributed by atoms with Crippen LogP contribution in [0.3, 0.4) is 0 Å². The second-order valence-electron chi connectivity index (χ2n) is 5.64. The molecular weight excluding hydrogens is 200 g/mol. The molecule has 3 N–H and O–H groups in total. The Morgan fingerprint density at radius 1 is 1.19 bits per heavy atom. The quantitative estimate of drug-likeness (QED) is 0.767. The van der Waals surface area contributed by atoms with Crippen molar-refractivity contribution < 1.29 is 4.79 Å². The van der Waals surface area contributed by atoms with Crippen LogP contribution in [0.4, 0.5) is 0 Å². The van der Waals surface area contributed by atoms with Crippen molar-refractivity contribution in [3.8, 4) is 0 Å². The minimum absolute atomic E-state index is 0.117. The molecule has 2 aliphatic rings. The minimum Gasteiger partial charge on any atom is -0.353 e. The van der Waals surface area contributed by atoms with E-state index in [0.717, 1.165) is 12.8 Å². The Balaban J connectivity index is 1.82. The molecule has 0 heterocycles. The predicted molar refractivity (Wildman–Crippen MR) is 65.0 cm³/mol. The van der Waals surface area contributed by atoms with Gasteiger partial charge in [0, 0.05) is 12.5 Å². The fraction of sp³-hybridized carbons (Fsp3) is 0.923. The topological polar surface area (TPSA) is 55.1 Å². The van der Waals surface area contributed by atoms with Gasteiger partial charge in [0.2, 0.25) is 5.91 Å². The van der Waals surface area contributed by atoms with Crippen molar-refractivity contribution >= 4 is 5.91 Å². The van der Waals surface area contributed by atoms with Crippen LogP contribution in [0, 0.1) is 5.41 Å². The van der Waals surface area contributed by atoms with Crippen LogP contribution in [0.25, 0.3) is 0 Å². The second-order valence-corrected chi connectivity index (χ2v) is 5.64. The normalized spacial score (nSPS) is 24.8. The highest BCUT2D eigenvalue weighted by molar-refractivity contribution is 5.77. The molecule has 0 atom stereocenters. The molecule has 16 heavy (non-hydrogen) atoms. The lowest BCUT2D eigenvalue weighted by Gasteiger charge is -2.36. The molecule has 0 radical (unpaired) electrons. The predicted octanol–water partition coefficient (Wildman–Crippen LogP) is 1.95. The van der Waals surface area contributed by atoms with Gasteiger partial charge in [0.15, 0.2) is 0 Å². The number of carbonyl (C=O) groups excluding carboxylic acids is 1. The monoisotopic (exact) mass is 224 g/mol. The van der Waals surface area contributed by atoms with Crippen molar-refractivity contribution in [3.05, 3.63) is 0 Å². The summed E-state index contributed by atoms with van der Waals surface area (Å²) in [6, 6.07) is 0.464. The number of amides is 1. The molecule has 3 heteroatoms. The number of nitrogens with one attached hydrogen (secondary N) is 1. The van der Waals surface area contributed by atoms with E-state index in [1.807, 2.05) is 0 Å². The zero-order valence-electron chi connectivity index (χ0n) is 10.1. The van der Waals surface area contributed by atoms with Gasteiger partial charge in [0.05, 0.1) is 0 Å². The van der Waals surface area contributed by atoms with E-state index in [4.69, 9.17) is 5.73 Å². The van der Waals surface area contributed by atoms with Crippen LogP contribution < -0.4 is 11.1 Å². The third-order valence-electron chi connectivity index (χ3n) is 4.35. The number of hydrogen-bond acceptors (Lipinski definition) is 2. The summed E-state index contributed by atoms with van der Waals surface area (Å²) in [4.78, 5) is 11.9. The van der Waals surface area contributed by atoms with Gasteiger partial charge in [0.25, 0.3) is 0 Å². The lowest BCUT2D eigenvalue weighted by molar-refractivity contribution is -0.125. The fourth-order valence-electron chi connectivity index (χ4n) is 2.93. The first kappa shape index (κ1) is 11.9. The molecule has 2 aliphatic carbocycles. The Kier molecular flexibility index (Phi) is 3.85. The van der Waals surface area contributed by atoms with E-state index in [-0.39, 0.29) is 11.3 Å². The number of hydrogen-bond donors (Lipinski definition) is 2. The maximum absolute atomic E-state index is 11.9. The Hall–Kier alpha value is -0.570. The van der Waals surface area contributed by atoms with E-state index in [0.29, 0.717) is 19.0 Å². The third-order valence-corrected chi connectivity index (χ3v) is 4.35. The van der Waals surface area contributed by atoms with Gasteiger partial charge in [-0.25, -0.2) is 0 Å². The van der Waals surface area contributed by atoms with Crippen LogP contribution in [0.2, 0.25) is 0 Å². The van der Waals surface area contributed by atoms with E-state index >= 15 is 0 Å². The highest BCUT2D eigenvalue weighted by atomic mass is 16.1. The summed E-state index contributed by atoms with van der Waals surface area (Å²) in [5, 5.41) is 3.13. The summed E-state index contributed by atoms with van der Waals surface area (Å²) in [5.41, 5.74) is 6.00. The van der Waals surface area contributed by atoms with E-state index < -0.39 is 0 Å². The first-order valence-electron chi connectivity index (χ1n) is 6.74. The van der Waals surface area contributed by atoms with E-state index in [1.165, 1.54) is 38.5 Å². The third kappa shape index (κ3) is 2.76. The molecule has 2 fully saturated rings. The van der Waals surface area contributed by atoms with Crippen LogP contribution in [0.15, 0.2) is 0 Å². The highest BCUT2D eigenvalue weighted by Gasteiger charge is 2.33. The van der Waals surface area contributed by atoms with Crippen molar-refractivity contribution in [2.24, 2.45) is 11.1 Å². The molecule has 3 nitrogen and oxygen atoms in total. The second kappa shape index (κ2) is 5.17. The molecule has 0 saturated heterocycles. The molecule has 0 unspecified atom stereocenters. The summed E-state index contributed by atoms with van der Waals surface area (Å²) in [6.07, 6.45) is 10.3. The summed E-state index contributed by atoms with van der Waals surface area (Å²) < 4.78 is 0. The van der Waals surface area contributed by atoms with Crippen molar-refractivity contribution in [3.63, 3.8) is 0 Å². The average Bonchev–Trinajstić information content (AvgIpc) is 2.25. The van der Waals surface area contributed by atoms with Crippen molar-refractivity contribution in [1.29, 1.82) is 0 Å². The van der Waals surface area contributed by atoms with E-state index in [2.05, 4.69) is 5.32 Å². The molecule has 2 saturated carbocycles. The van der Waals surface area contributed by atoms with E-state index in [1.54, 1.807) is 0 Å². The first-order valence-corrected chi connectivity index (χ1v) is 6.74. The van der Waals surface area contributed by atoms with Crippen LogP contribution in [-0.2, 0) is 4.79 Å². The highest BCUT2D eigenvalue weighted by Crippen LogP contribution is 2.38. The van der Waals surface area contributed by atoms with Gasteiger partial charge in [0.1, 0.15) is 0 Å². The molecule has 92 valence electrons. The summed E-state index contributed by atoms with van der Waals surface area (Å²) >= 11 is 0. The lowest BCUT2D eigenvalue weighted by atomic mass is 9.71. The fourth-order valence-corrected chi connectivity index (χ4v) is 2.93. The van der Waals surface area contributed by atoms with Gasteiger partial charge in [-0.05, 0) is 44.1 Å².